The molecule has 1 aromatic heterocycles. The topological polar surface area (TPSA) is 70.3 Å². The molecule has 0 atom stereocenters. The monoisotopic (exact) mass is 410 g/mol. The molecule has 6 nitrogen and oxygen atoms in total. The first-order valence-electron chi connectivity index (χ1n) is 8.34. The fraction of sp³-hybridized carbons (Fsp3) is 0.500. The van der Waals surface area contributed by atoms with Crippen LogP contribution >= 0.6 is 15.9 Å². The third-order valence-electron chi connectivity index (χ3n) is 4.15. The van der Waals surface area contributed by atoms with Gasteiger partial charge in [-0.15, -0.1) is 0 Å². The molecule has 0 saturated carbocycles. The molecule has 0 aliphatic carbocycles. The smallest absolute Gasteiger partial charge is 0.332 e. The lowest BCUT2D eigenvalue weighted by Crippen LogP contribution is -2.53. The summed E-state index contributed by atoms with van der Waals surface area (Å²) in [6.07, 6.45) is 1.69. The van der Waals surface area contributed by atoms with Gasteiger partial charge < -0.3 is 4.74 Å². The van der Waals surface area contributed by atoms with Crippen LogP contribution in [0.5, 0.6) is 0 Å². The average Bonchev–Trinajstić information content (AvgIpc) is 2.58. The van der Waals surface area contributed by atoms with Crippen molar-refractivity contribution in [3.63, 3.8) is 0 Å². The first-order valence-corrected chi connectivity index (χ1v) is 9.46. The van der Waals surface area contributed by atoms with Gasteiger partial charge in [-0.05, 0) is 45.7 Å². The van der Waals surface area contributed by atoms with E-state index in [1.54, 1.807) is 35.8 Å². The Morgan fingerprint density at radius 3 is 2.52 bits per heavy atom. The number of hydrogen-bond acceptors (Lipinski definition) is 4. The molecule has 1 heterocycles. The Hall–Kier alpha value is -1.89. The minimum Gasteiger partial charge on any atom is -0.464 e. The van der Waals surface area contributed by atoms with Gasteiger partial charge in [0.15, 0.2) is 0 Å². The fourth-order valence-electron chi connectivity index (χ4n) is 2.79. The molecular weight excluding hydrogens is 388 g/mol. The summed E-state index contributed by atoms with van der Waals surface area (Å²) in [5.41, 5.74) is -1.76. The van der Waals surface area contributed by atoms with Gasteiger partial charge in [-0.1, -0.05) is 28.1 Å². The molecule has 0 spiro atoms. The summed E-state index contributed by atoms with van der Waals surface area (Å²) in [5, 5.41) is 1.26. The van der Waals surface area contributed by atoms with E-state index in [4.69, 9.17) is 4.74 Å². The first-order chi connectivity index (χ1) is 11.9. The zero-order valence-corrected chi connectivity index (χ0v) is 16.3. The van der Waals surface area contributed by atoms with Crippen LogP contribution in [0, 0.1) is 0 Å². The second-order valence-electron chi connectivity index (χ2n) is 6.27. The van der Waals surface area contributed by atoms with Crippen molar-refractivity contribution in [1.82, 2.24) is 9.13 Å². The normalized spacial score (nSPS) is 11.7. The number of carbonyl (C=O) groups is 1. The van der Waals surface area contributed by atoms with Crippen LogP contribution in [0.4, 0.5) is 0 Å². The van der Waals surface area contributed by atoms with Crippen molar-refractivity contribution in [2.45, 2.75) is 45.7 Å². The Bertz CT molecular complexity index is 883. The number of halogens is 1. The highest BCUT2D eigenvalue weighted by molar-refractivity contribution is 9.09. The number of aryl methyl sites for hydroxylation is 1. The van der Waals surface area contributed by atoms with E-state index in [0.29, 0.717) is 17.4 Å². The SMILES string of the molecule is CCOC(=O)C(C)(C)n1c(=O)c2ccccc2n(CCCCBr)c1=O. The van der Waals surface area contributed by atoms with Crippen molar-refractivity contribution in [3.05, 3.63) is 45.1 Å². The van der Waals surface area contributed by atoms with Gasteiger partial charge in [0.25, 0.3) is 5.56 Å². The second-order valence-corrected chi connectivity index (χ2v) is 7.06. The molecule has 0 saturated heterocycles. The summed E-state index contributed by atoms with van der Waals surface area (Å²) in [6, 6.07) is 6.98. The summed E-state index contributed by atoms with van der Waals surface area (Å²) < 4.78 is 7.65. The highest BCUT2D eigenvalue weighted by atomic mass is 79.9. The zero-order chi connectivity index (χ0) is 18.6. The van der Waals surface area contributed by atoms with Gasteiger partial charge >= 0.3 is 11.7 Å². The highest BCUT2D eigenvalue weighted by Gasteiger charge is 2.35. The van der Waals surface area contributed by atoms with Crippen molar-refractivity contribution >= 4 is 32.8 Å². The largest absolute Gasteiger partial charge is 0.464 e. The number of ether oxygens (including phenoxy) is 1. The maximum absolute atomic E-state index is 13.1. The maximum atomic E-state index is 13.1. The summed E-state index contributed by atoms with van der Waals surface area (Å²) in [7, 11) is 0. The minimum atomic E-state index is -1.38. The lowest BCUT2D eigenvalue weighted by Gasteiger charge is -2.26. The van der Waals surface area contributed by atoms with Crippen LogP contribution in [0.2, 0.25) is 0 Å². The predicted octanol–water partition coefficient (Wildman–Crippen LogP) is 2.64. The Morgan fingerprint density at radius 1 is 1.20 bits per heavy atom. The molecular formula is C18H23BrN2O4. The first kappa shape index (κ1) is 19.4. The summed E-state index contributed by atoms with van der Waals surface area (Å²) in [6.45, 7) is 5.42. The van der Waals surface area contributed by atoms with Crippen LogP contribution in [0.1, 0.15) is 33.6 Å². The molecule has 0 bridgehead atoms. The molecule has 0 aliphatic rings. The lowest BCUT2D eigenvalue weighted by molar-refractivity contribution is -0.152. The number of unbranched alkanes of at least 4 members (excludes halogenated alkanes) is 1. The minimum absolute atomic E-state index is 0.185. The average molecular weight is 411 g/mol. The number of fused-ring (bicyclic) bond motifs is 1. The number of carbonyl (C=O) groups excluding carboxylic acids is 1. The lowest BCUT2D eigenvalue weighted by atomic mass is 10.1. The molecule has 0 radical (unpaired) electrons. The number of rotatable bonds is 7. The van der Waals surface area contributed by atoms with E-state index in [-0.39, 0.29) is 6.61 Å². The molecule has 25 heavy (non-hydrogen) atoms. The standard InChI is InChI=1S/C18H23BrN2O4/c1-4-25-16(23)18(2,3)21-15(22)13-9-5-6-10-14(13)20(17(21)24)12-8-7-11-19/h5-6,9-10H,4,7-8,11-12H2,1-3H3. The molecule has 0 amide bonds. The van der Waals surface area contributed by atoms with Crippen molar-refractivity contribution in [3.8, 4) is 0 Å². The van der Waals surface area contributed by atoms with Gasteiger partial charge in [-0.25, -0.2) is 14.2 Å². The van der Waals surface area contributed by atoms with Crippen molar-refractivity contribution in [2.24, 2.45) is 0 Å². The van der Waals surface area contributed by atoms with Crippen LogP contribution in [0.3, 0.4) is 0 Å². The Kier molecular flexibility index (Phi) is 6.21. The van der Waals surface area contributed by atoms with Crippen molar-refractivity contribution < 1.29 is 9.53 Å². The molecule has 7 heteroatoms. The molecule has 1 aromatic carbocycles. The third-order valence-corrected chi connectivity index (χ3v) is 4.71. The van der Waals surface area contributed by atoms with Gasteiger partial charge in [0.1, 0.15) is 5.54 Å². The van der Waals surface area contributed by atoms with Crippen LogP contribution in [-0.2, 0) is 21.6 Å². The number of alkyl halides is 1. The molecule has 136 valence electrons. The van der Waals surface area contributed by atoms with E-state index in [1.165, 1.54) is 13.8 Å². The number of aromatic nitrogens is 2. The quantitative estimate of drug-likeness (QED) is 0.399. The number of nitrogens with zero attached hydrogens (tertiary/aromatic N) is 2. The van der Waals surface area contributed by atoms with Gasteiger partial charge in [-0.3, -0.25) is 9.36 Å². The van der Waals surface area contributed by atoms with Gasteiger partial charge in [-0.2, -0.15) is 0 Å². The molecule has 0 N–H and O–H groups in total. The molecule has 0 unspecified atom stereocenters. The molecule has 0 fully saturated rings. The maximum Gasteiger partial charge on any atom is 0.332 e. The van der Waals surface area contributed by atoms with E-state index >= 15 is 0 Å². The van der Waals surface area contributed by atoms with Crippen molar-refractivity contribution in [1.29, 1.82) is 0 Å². The molecule has 2 rings (SSSR count). The highest BCUT2D eigenvalue weighted by Crippen LogP contribution is 2.16. The molecule has 2 aromatic rings. The van der Waals surface area contributed by atoms with E-state index in [9.17, 15) is 14.4 Å². The second kappa shape index (κ2) is 7.99. The predicted molar refractivity (Wildman–Crippen MR) is 101 cm³/mol. The summed E-state index contributed by atoms with van der Waals surface area (Å²) >= 11 is 3.38. The summed E-state index contributed by atoms with van der Waals surface area (Å²) in [5.74, 6) is -0.600. The van der Waals surface area contributed by atoms with E-state index < -0.39 is 22.8 Å². The van der Waals surface area contributed by atoms with Crippen molar-refractivity contribution in [2.75, 3.05) is 11.9 Å². The Balaban J connectivity index is 2.75. The number of esters is 1. The number of hydrogen-bond donors (Lipinski definition) is 0. The van der Waals surface area contributed by atoms with E-state index in [0.717, 1.165) is 22.7 Å². The van der Waals surface area contributed by atoms with E-state index in [1.807, 2.05) is 0 Å². The molecule has 0 aliphatic heterocycles. The van der Waals surface area contributed by atoms with Gasteiger partial charge in [0.2, 0.25) is 0 Å². The van der Waals surface area contributed by atoms with E-state index in [2.05, 4.69) is 15.9 Å². The fourth-order valence-corrected chi connectivity index (χ4v) is 3.19. The van der Waals surface area contributed by atoms with Gasteiger partial charge in [0.05, 0.1) is 17.5 Å². The Morgan fingerprint density at radius 2 is 1.88 bits per heavy atom. The van der Waals surface area contributed by atoms with Crippen LogP contribution in [0.15, 0.2) is 33.9 Å². The van der Waals surface area contributed by atoms with Gasteiger partial charge in [0, 0.05) is 11.9 Å². The van der Waals surface area contributed by atoms with Crippen LogP contribution in [0.25, 0.3) is 10.9 Å². The third kappa shape index (κ3) is 3.71. The number of para-hydroxylation sites is 1. The zero-order valence-electron chi connectivity index (χ0n) is 14.8. The van der Waals surface area contributed by atoms with Crippen LogP contribution < -0.4 is 11.2 Å². The Labute approximate surface area is 154 Å². The van der Waals surface area contributed by atoms with Crippen LogP contribution in [-0.4, -0.2) is 27.0 Å². The summed E-state index contributed by atoms with van der Waals surface area (Å²) in [4.78, 5) is 38.3. The number of benzene rings is 1.